The number of hydrogen-bond donors (Lipinski definition) is 1. The molecule has 0 aliphatic carbocycles. The van der Waals surface area contributed by atoms with Crippen LogP contribution in [-0.4, -0.2) is 5.11 Å². The Labute approximate surface area is 115 Å². The molecule has 0 saturated carbocycles. The van der Waals surface area contributed by atoms with Crippen LogP contribution in [0.1, 0.15) is 32.3 Å². The lowest BCUT2D eigenvalue weighted by Crippen LogP contribution is -2.31. The van der Waals surface area contributed by atoms with Crippen molar-refractivity contribution in [2.45, 2.75) is 32.3 Å². The Balaban J connectivity index is 3.15. The highest BCUT2D eigenvalue weighted by Crippen LogP contribution is 2.37. The molecule has 1 rings (SSSR count). The molecule has 0 bridgehead atoms. The number of rotatable bonds is 4. The maximum atomic E-state index is 10.5. The standard InChI is InChI=1S/C13H15BrClNO/c1-3-4-9(8-16)13(2,17)11-6-5-10(14)7-12(11)15/h5-7,9,17H,3-4H2,1-2H3. The molecule has 0 radical (unpaired) electrons. The minimum atomic E-state index is -1.22. The van der Waals surface area contributed by atoms with E-state index in [-0.39, 0.29) is 0 Å². The van der Waals surface area contributed by atoms with Gasteiger partial charge in [0, 0.05) is 15.1 Å². The van der Waals surface area contributed by atoms with Gasteiger partial charge >= 0.3 is 0 Å². The van der Waals surface area contributed by atoms with E-state index in [4.69, 9.17) is 16.9 Å². The first kappa shape index (κ1) is 14.5. The predicted octanol–water partition coefficient (Wildman–Crippen LogP) is 4.25. The van der Waals surface area contributed by atoms with Gasteiger partial charge < -0.3 is 5.11 Å². The SMILES string of the molecule is CCCC(C#N)C(C)(O)c1ccc(Br)cc1Cl. The molecular formula is C13H15BrClNO. The minimum absolute atomic E-state index is 0.453. The van der Waals surface area contributed by atoms with Crippen molar-refractivity contribution in [3.8, 4) is 6.07 Å². The van der Waals surface area contributed by atoms with Gasteiger partial charge in [-0.2, -0.15) is 5.26 Å². The Morgan fingerprint density at radius 2 is 2.24 bits per heavy atom. The van der Waals surface area contributed by atoms with E-state index >= 15 is 0 Å². The topological polar surface area (TPSA) is 44.0 Å². The maximum Gasteiger partial charge on any atom is 0.104 e. The zero-order valence-corrected chi connectivity index (χ0v) is 12.2. The molecule has 0 fully saturated rings. The summed E-state index contributed by atoms with van der Waals surface area (Å²) >= 11 is 9.43. The van der Waals surface area contributed by atoms with Crippen LogP contribution in [0, 0.1) is 17.2 Å². The van der Waals surface area contributed by atoms with Crippen LogP contribution in [-0.2, 0) is 5.60 Å². The summed E-state index contributed by atoms with van der Waals surface area (Å²) in [6.07, 6.45) is 1.50. The lowest BCUT2D eigenvalue weighted by atomic mass is 9.81. The van der Waals surface area contributed by atoms with Crippen LogP contribution in [0.15, 0.2) is 22.7 Å². The summed E-state index contributed by atoms with van der Waals surface area (Å²) in [4.78, 5) is 0. The molecular weight excluding hydrogens is 302 g/mol. The summed E-state index contributed by atoms with van der Waals surface area (Å²) in [7, 11) is 0. The van der Waals surface area contributed by atoms with Gasteiger partial charge in [0.15, 0.2) is 0 Å². The van der Waals surface area contributed by atoms with E-state index in [1.807, 2.05) is 13.0 Å². The van der Waals surface area contributed by atoms with E-state index in [0.717, 1.165) is 10.9 Å². The summed E-state index contributed by atoms with van der Waals surface area (Å²) in [5, 5.41) is 20.1. The highest BCUT2D eigenvalue weighted by atomic mass is 79.9. The average molecular weight is 317 g/mol. The third-order valence-corrected chi connectivity index (χ3v) is 3.69. The molecule has 0 saturated heterocycles. The van der Waals surface area contributed by atoms with Gasteiger partial charge in [-0.1, -0.05) is 46.9 Å². The quantitative estimate of drug-likeness (QED) is 0.902. The normalized spacial score (nSPS) is 16.0. The molecule has 2 atom stereocenters. The summed E-state index contributed by atoms with van der Waals surface area (Å²) in [6, 6.07) is 7.46. The zero-order valence-electron chi connectivity index (χ0n) is 9.87. The second-order valence-corrected chi connectivity index (χ2v) is 5.56. The summed E-state index contributed by atoms with van der Waals surface area (Å²) < 4.78 is 0.853. The first-order valence-electron chi connectivity index (χ1n) is 5.51. The van der Waals surface area contributed by atoms with Crippen molar-refractivity contribution in [1.82, 2.24) is 0 Å². The Hall–Kier alpha value is -0.560. The van der Waals surface area contributed by atoms with E-state index in [1.165, 1.54) is 0 Å². The second kappa shape index (κ2) is 5.86. The predicted molar refractivity (Wildman–Crippen MR) is 72.7 cm³/mol. The Kier molecular flexibility index (Phi) is 5.00. The summed E-state index contributed by atoms with van der Waals surface area (Å²) in [6.45, 7) is 3.63. The van der Waals surface area contributed by atoms with Crippen LogP contribution in [0.5, 0.6) is 0 Å². The van der Waals surface area contributed by atoms with E-state index < -0.39 is 11.5 Å². The van der Waals surface area contributed by atoms with Crippen molar-refractivity contribution >= 4 is 27.5 Å². The number of nitriles is 1. The van der Waals surface area contributed by atoms with Crippen molar-refractivity contribution in [2.75, 3.05) is 0 Å². The van der Waals surface area contributed by atoms with Crippen molar-refractivity contribution in [3.63, 3.8) is 0 Å². The number of halogens is 2. The van der Waals surface area contributed by atoms with E-state index in [2.05, 4.69) is 22.0 Å². The van der Waals surface area contributed by atoms with E-state index in [1.54, 1.807) is 19.1 Å². The fourth-order valence-electron chi connectivity index (χ4n) is 1.85. The monoisotopic (exact) mass is 315 g/mol. The van der Waals surface area contributed by atoms with Gasteiger partial charge in [0.2, 0.25) is 0 Å². The van der Waals surface area contributed by atoms with Gasteiger partial charge in [0.25, 0.3) is 0 Å². The largest absolute Gasteiger partial charge is 0.384 e. The Morgan fingerprint density at radius 1 is 1.59 bits per heavy atom. The van der Waals surface area contributed by atoms with Crippen LogP contribution < -0.4 is 0 Å². The van der Waals surface area contributed by atoms with E-state index in [9.17, 15) is 5.11 Å². The summed E-state index contributed by atoms with van der Waals surface area (Å²) in [5.74, 6) is -0.453. The number of hydrogen-bond acceptors (Lipinski definition) is 2. The van der Waals surface area contributed by atoms with Crippen LogP contribution >= 0.6 is 27.5 Å². The lowest BCUT2D eigenvalue weighted by molar-refractivity contribution is 0.0131. The molecule has 4 heteroatoms. The van der Waals surface area contributed by atoms with Crippen LogP contribution in [0.25, 0.3) is 0 Å². The van der Waals surface area contributed by atoms with Crippen LogP contribution in [0.3, 0.4) is 0 Å². The van der Waals surface area contributed by atoms with E-state index in [0.29, 0.717) is 17.0 Å². The maximum absolute atomic E-state index is 10.5. The minimum Gasteiger partial charge on any atom is -0.384 e. The fourth-order valence-corrected chi connectivity index (χ4v) is 2.71. The molecule has 0 aromatic heterocycles. The highest BCUT2D eigenvalue weighted by Gasteiger charge is 2.34. The first-order chi connectivity index (χ1) is 7.93. The van der Waals surface area contributed by atoms with Crippen molar-refractivity contribution in [1.29, 1.82) is 5.26 Å². The van der Waals surface area contributed by atoms with Crippen LogP contribution in [0.2, 0.25) is 5.02 Å². The van der Waals surface area contributed by atoms with Gasteiger partial charge in [0.05, 0.1) is 12.0 Å². The fraction of sp³-hybridized carbons (Fsp3) is 0.462. The third-order valence-electron chi connectivity index (χ3n) is 2.89. The molecule has 0 heterocycles. The molecule has 0 aliphatic heterocycles. The smallest absolute Gasteiger partial charge is 0.104 e. The third kappa shape index (κ3) is 3.22. The molecule has 1 aromatic rings. The average Bonchev–Trinajstić information content (AvgIpc) is 2.24. The number of aliphatic hydroxyl groups is 1. The first-order valence-corrected chi connectivity index (χ1v) is 6.68. The molecule has 92 valence electrons. The van der Waals surface area contributed by atoms with Gasteiger partial charge in [-0.15, -0.1) is 0 Å². The zero-order chi connectivity index (χ0) is 13.1. The van der Waals surface area contributed by atoms with Gasteiger partial charge in [-0.25, -0.2) is 0 Å². The molecule has 1 aromatic carbocycles. The van der Waals surface area contributed by atoms with Gasteiger partial charge in [-0.05, 0) is 25.5 Å². The Bertz CT molecular complexity index is 440. The number of nitrogens with zero attached hydrogens (tertiary/aromatic N) is 1. The molecule has 17 heavy (non-hydrogen) atoms. The molecule has 2 nitrogen and oxygen atoms in total. The molecule has 0 aliphatic rings. The second-order valence-electron chi connectivity index (χ2n) is 4.24. The van der Waals surface area contributed by atoms with Crippen molar-refractivity contribution in [2.24, 2.45) is 5.92 Å². The molecule has 0 amide bonds. The van der Waals surface area contributed by atoms with Crippen molar-refractivity contribution in [3.05, 3.63) is 33.3 Å². The molecule has 2 unspecified atom stereocenters. The molecule has 1 N–H and O–H groups in total. The highest BCUT2D eigenvalue weighted by molar-refractivity contribution is 9.10. The van der Waals surface area contributed by atoms with Crippen molar-refractivity contribution < 1.29 is 5.11 Å². The summed E-state index contributed by atoms with van der Waals surface area (Å²) in [5.41, 5.74) is -0.620. The van der Waals surface area contributed by atoms with Gasteiger partial charge in [0.1, 0.15) is 5.60 Å². The van der Waals surface area contributed by atoms with Gasteiger partial charge in [-0.3, -0.25) is 0 Å². The number of benzene rings is 1. The molecule has 0 spiro atoms. The van der Waals surface area contributed by atoms with Crippen LogP contribution in [0.4, 0.5) is 0 Å². The lowest BCUT2D eigenvalue weighted by Gasteiger charge is -2.29. The Morgan fingerprint density at radius 3 is 2.71 bits per heavy atom.